The SMILES string of the molecule is O=[N+]([O-])c1cc(/C=C/S(=O)(=O)Cc2ccc(Cl)cc2[N+](=O)[O-])ccc1F. The molecule has 0 fully saturated rings. The van der Waals surface area contributed by atoms with E-state index in [-0.39, 0.29) is 16.1 Å². The first-order valence-electron chi connectivity index (χ1n) is 6.86. The Kier molecular flexibility index (Phi) is 5.68. The van der Waals surface area contributed by atoms with Crippen molar-refractivity contribution in [3.8, 4) is 0 Å². The van der Waals surface area contributed by atoms with Gasteiger partial charge in [0, 0.05) is 28.1 Å². The molecule has 0 amide bonds. The number of halogens is 2. The van der Waals surface area contributed by atoms with Gasteiger partial charge in [-0.15, -0.1) is 0 Å². The van der Waals surface area contributed by atoms with Crippen molar-refractivity contribution in [2.75, 3.05) is 0 Å². The number of rotatable bonds is 6. The molecule has 2 aromatic carbocycles. The first-order chi connectivity index (χ1) is 12.1. The van der Waals surface area contributed by atoms with Crippen LogP contribution in [0.25, 0.3) is 6.08 Å². The van der Waals surface area contributed by atoms with Crippen LogP contribution in [0.1, 0.15) is 11.1 Å². The Bertz CT molecular complexity index is 1020. The van der Waals surface area contributed by atoms with E-state index in [1.165, 1.54) is 18.2 Å². The number of benzene rings is 2. The maximum atomic E-state index is 13.3. The molecule has 8 nitrogen and oxygen atoms in total. The van der Waals surface area contributed by atoms with E-state index in [0.29, 0.717) is 0 Å². The lowest BCUT2D eigenvalue weighted by molar-refractivity contribution is -0.387. The van der Waals surface area contributed by atoms with Crippen molar-refractivity contribution in [2.45, 2.75) is 5.75 Å². The highest BCUT2D eigenvalue weighted by molar-refractivity contribution is 7.93. The molecule has 11 heteroatoms. The lowest BCUT2D eigenvalue weighted by Gasteiger charge is -2.03. The fourth-order valence-electron chi connectivity index (χ4n) is 2.05. The topological polar surface area (TPSA) is 120 Å². The third-order valence-corrected chi connectivity index (χ3v) is 4.73. The summed E-state index contributed by atoms with van der Waals surface area (Å²) < 4.78 is 37.6. The standard InChI is InChI=1S/C15H10ClFN2O6S/c16-12-3-2-11(14(8-12)18(20)21)9-26(24,25)6-5-10-1-4-13(17)15(7-10)19(22)23/h1-8H,9H2/b6-5+. The third kappa shape index (κ3) is 4.83. The Morgan fingerprint density at radius 2 is 1.69 bits per heavy atom. The molecule has 136 valence electrons. The van der Waals surface area contributed by atoms with Gasteiger partial charge in [-0.3, -0.25) is 20.2 Å². The molecule has 0 saturated carbocycles. The maximum absolute atomic E-state index is 13.3. The van der Waals surface area contributed by atoms with Gasteiger partial charge < -0.3 is 0 Å². The van der Waals surface area contributed by atoms with Crippen molar-refractivity contribution in [1.82, 2.24) is 0 Å². The van der Waals surface area contributed by atoms with Crippen LogP contribution in [0, 0.1) is 26.0 Å². The molecule has 0 spiro atoms. The highest BCUT2D eigenvalue weighted by atomic mass is 35.5. The predicted octanol–water partition coefficient (Wildman–Crippen LogP) is 3.88. The van der Waals surface area contributed by atoms with E-state index < -0.39 is 42.6 Å². The van der Waals surface area contributed by atoms with E-state index >= 15 is 0 Å². The Hall–Kier alpha value is -2.85. The minimum Gasteiger partial charge on any atom is -0.258 e. The second-order valence-electron chi connectivity index (χ2n) is 5.11. The van der Waals surface area contributed by atoms with Gasteiger partial charge in [0.1, 0.15) is 0 Å². The molecule has 2 rings (SSSR count). The average Bonchev–Trinajstić information content (AvgIpc) is 2.55. The lowest BCUT2D eigenvalue weighted by Crippen LogP contribution is -2.03. The third-order valence-electron chi connectivity index (χ3n) is 3.24. The Labute approximate surface area is 151 Å². The van der Waals surface area contributed by atoms with Crippen LogP contribution in [-0.2, 0) is 15.6 Å². The summed E-state index contributed by atoms with van der Waals surface area (Å²) in [7, 11) is -3.94. The van der Waals surface area contributed by atoms with E-state index in [0.717, 1.165) is 29.7 Å². The van der Waals surface area contributed by atoms with E-state index in [1.807, 2.05) is 0 Å². The van der Waals surface area contributed by atoms with Crippen LogP contribution in [0.15, 0.2) is 41.8 Å². The minimum absolute atomic E-state index is 0.0610. The Balaban J connectivity index is 2.30. The van der Waals surface area contributed by atoms with Gasteiger partial charge in [-0.2, -0.15) is 4.39 Å². The van der Waals surface area contributed by atoms with Gasteiger partial charge in [-0.25, -0.2) is 8.42 Å². The molecular formula is C15H10ClFN2O6S. The van der Waals surface area contributed by atoms with Gasteiger partial charge in [-0.1, -0.05) is 17.7 Å². The van der Waals surface area contributed by atoms with E-state index in [9.17, 15) is 33.0 Å². The summed E-state index contributed by atoms with van der Waals surface area (Å²) in [6, 6.07) is 6.49. The van der Waals surface area contributed by atoms with Crippen molar-refractivity contribution in [3.05, 3.63) is 84.0 Å². The van der Waals surface area contributed by atoms with Gasteiger partial charge in [0.25, 0.3) is 5.69 Å². The van der Waals surface area contributed by atoms with E-state index in [2.05, 4.69) is 0 Å². The van der Waals surface area contributed by atoms with Crippen LogP contribution in [0.5, 0.6) is 0 Å². The van der Waals surface area contributed by atoms with Crippen LogP contribution in [0.3, 0.4) is 0 Å². The van der Waals surface area contributed by atoms with Crippen molar-refractivity contribution < 1.29 is 22.7 Å². The molecule has 0 aliphatic heterocycles. The van der Waals surface area contributed by atoms with Crippen LogP contribution >= 0.6 is 11.6 Å². The van der Waals surface area contributed by atoms with Crippen molar-refractivity contribution in [3.63, 3.8) is 0 Å². The maximum Gasteiger partial charge on any atom is 0.305 e. The molecule has 0 atom stereocenters. The highest BCUT2D eigenvalue weighted by Gasteiger charge is 2.19. The van der Waals surface area contributed by atoms with Gasteiger partial charge in [0.05, 0.1) is 15.6 Å². The number of hydrogen-bond acceptors (Lipinski definition) is 6. The van der Waals surface area contributed by atoms with Gasteiger partial charge in [0.2, 0.25) is 5.82 Å². The highest BCUT2D eigenvalue weighted by Crippen LogP contribution is 2.26. The summed E-state index contributed by atoms with van der Waals surface area (Å²) in [4.78, 5) is 20.0. The van der Waals surface area contributed by atoms with Crippen molar-refractivity contribution >= 4 is 38.9 Å². The number of nitro benzene ring substituents is 2. The normalized spacial score (nSPS) is 11.6. The molecule has 0 heterocycles. The van der Waals surface area contributed by atoms with E-state index in [1.54, 1.807) is 0 Å². The lowest BCUT2D eigenvalue weighted by atomic mass is 10.2. The molecule has 2 aromatic rings. The molecule has 0 aromatic heterocycles. The van der Waals surface area contributed by atoms with Gasteiger partial charge in [0.15, 0.2) is 9.84 Å². The molecule has 0 N–H and O–H groups in total. The fraction of sp³-hybridized carbons (Fsp3) is 0.0667. The number of nitrogens with zero attached hydrogens (tertiary/aromatic N) is 2. The zero-order valence-electron chi connectivity index (χ0n) is 12.8. The summed E-state index contributed by atoms with van der Waals surface area (Å²) in [6.07, 6.45) is 1.05. The summed E-state index contributed by atoms with van der Waals surface area (Å²) >= 11 is 5.67. The molecule has 0 saturated heterocycles. The molecular weight excluding hydrogens is 391 g/mol. The summed E-state index contributed by atoms with van der Waals surface area (Å²) in [5.74, 6) is -1.72. The summed E-state index contributed by atoms with van der Waals surface area (Å²) in [6.45, 7) is 0. The monoisotopic (exact) mass is 400 g/mol. The van der Waals surface area contributed by atoms with Gasteiger partial charge >= 0.3 is 5.69 Å². The van der Waals surface area contributed by atoms with Crippen LogP contribution < -0.4 is 0 Å². The molecule has 26 heavy (non-hydrogen) atoms. The Morgan fingerprint density at radius 1 is 1.04 bits per heavy atom. The molecule has 0 aliphatic rings. The van der Waals surface area contributed by atoms with Crippen LogP contribution in [-0.4, -0.2) is 18.3 Å². The molecule has 0 unspecified atom stereocenters. The average molecular weight is 401 g/mol. The Morgan fingerprint density at radius 3 is 2.31 bits per heavy atom. The first-order valence-corrected chi connectivity index (χ1v) is 8.96. The zero-order chi connectivity index (χ0) is 19.5. The van der Waals surface area contributed by atoms with Crippen molar-refractivity contribution in [1.29, 1.82) is 0 Å². The predicted molar refractivity (Wildman–Crippen MR) is 92.8 cm³/mol. The number of nitro groups is 2. The molecule has 0 radical (unpaired) electrons. The molecule has 0 bridgehead atoms. The smallest absolute Gasteiger partial charge is 0.258 e. The van der Waals surface area contributed by atoms with Crippen LogP contribution in [0.2, 0.25) is 5.02 Å². The quantitative estimate of drug-likeness (QED) is 0.535. The number of sulfone groups is 1. The first kappa shape index (κ1) is 19.5. The van der Waals surface area contributed by atoms with Crippen molar-refractivity contribution in [2.24, 2.45) is 0 Å². The van der Waals surface area contributed by atoms with E-state index in [4.69, 9.17) is 11.6 Å². The molecule has 0 aliphatic carbocycles. The second kappa shape index (κ2) is 7.58. The van der Waals surface area contributed by atoms with Gasteiger partial charge in [-0.05, 0) is 29.8 Å². The minimum atomic E-state index is -3.94. The zero-order valence-corrected chi connectivity index (χ0v) is 14.4. The summed E-state index contributed by atoms with van der Waals surface area (Å²) in [5, 5.41) is 22.5. The largest absolute Gasteiger partial charge is 0.305 e. The number of hydrogen-bond donors (Lipinski definition) is 0. The fourth-order valence-corrected chi connectivity index (χ4v) is 3.35. The second-order valence-corrected chi connectivity index (χ2v) is 7.43. The van der Waals surface area contributed by atoms with Crippen LogP contribution in [0.4, 0.5) is 15.8 Å². The summed E-state index contributed by atoms with van der Waals surface area (Å²) in [5.41, 5.74) is -1.20.